The van der Waals surface area contributed by atoms with E-state index < -0.39 is 23.5 Å². The summed E-state index contributed by atoms with van der Waals surface area (Å²) in [5.41, 5.74) is 1.92. The number of rotatable bonds is 8. The molecule has 1 saturated heterocycles. The first-order valence-electron chi connectivity index (χ1n) is 12.1. The summed E-state index contributed by atoms with van der Waals surface area (Å²) in [5, 5.41) is 14.8. The summed E-state index contributed by atoms with van der Waals surface area (Å²) in [6.07, 6.45) is 4.02. The first-order chi connectivity index (χ1) is 17.5. The van der Waals surface area contributed by atoms with Crippen molar-refractivity contribution in [2.75, 3.05) is 19.0 Å². The molecule has 3 N–H and O–H groups in total. The molecule has 3 amide bonds. The Morgan fingerprint density at radius 2 is 1.78 bits per heavy atom. The van der Waals surface area contributed by atoms with Gasteiger partial charge in [0.2, 0.25) is 11.8 Å². The molecule has 2 aliphatic rings. The maximum absolute atomic E-state index is 13.5. The van der Waals surface area contributed by atoms with Crippen molar-refractivity contribution in [1.82, 2.24) is 10.2 Å². The molecule has 0 radical (unpaired) electrons. The number of carbonyl (C=O) groups excluding carboxylic acids is 3. The van der Waals surface area contributed by atoms with Gasteiger partial charge in [-0.2, -0.15) is 0 Å². The number of hydrogen-bond acceptors (Lipinski definition) is 5. The molecule has 0 unspecified atom stereocenters. The molecule has 194 valence electrons. The van der Waals surface area contributed by atoms with Gasteiger partial charge < -0.3 is 25.4 Å². The number of hydrogen-bond donors (Lipinski definition) is 3. The molecule has 37 heavy (non-hydrogen) atoms. The average Bonchev–Trinajstić information content (AvgIpc) is 3.22. The fraction of sp³-hybridized carbons (Fsp3) is 0.357. The zero-order valence-corrected chi connectivity index (χ0v) is 21.1. The summed E-state index contributed by atoms with van der Waals surface area (Å²) in [5.74, 6) is -1.07. The van der Waals surface area contributed by atoms with E-state index in [0.29, 0.717) is 17.7 Å². The Balaban J connectivity index is 1.47. The monoisotopic (exact) mass is 505 g/mol. The Morgan fingerprint density at radius 3 is 2.46 bits per heavy atom. The fourth-order valence-electron chi connectivity index (χ4n) is 4.83. The molecule has 0 aromatic heterocycles. The van der Waals surface area contributed by atoms with E-state index >= 15 is 0 Å². The van der Waals surface area contributed by atoms with Crippen LogP contribution in [-0.4, -0.2) is 59.4 Å². The maximum Gasteiger partial charge on any atom is 0.303 e. The molecule has 2 heterocycles. The number of ether oxygens (including phenoxy) is 1. The van der Waals surface area contributed by atoms with Crippen LogP contribution < -0.4 is 15.4 Å². The van der Waals surface area contributed by atoms with Crippen LogP contribution in [0.15, 0.2) is 42.5 Å². The number of carboxylic acid groups (broad SMARTS) is 1. The molecule has 2 aromatic rings. The standard InChI is InChI=1S/C28H31N3O6/c1-28(2,15-25(33)34)14-24(32)29-19-13-23-26(35)30-22-11-8-18(12-21(22)27(36)31(23)16-19)5-4-17-6-9-20(37-3)10-7-17/h4-12,19,23H,13-16H2,1-3H3,(H,29,32)(H,30,35)(H,33,34)/b5-4+/t19-,23-/m0/s1. The molecule has 0 saturated carbocycles. The van der Waals surface area contributed by atoms with Crippen LogP contribution in [-0.2, 0) is 14.4 Å². The molecular weight excluding hydrogens is 474 g/mol. The van der Waals surface area contributed by atoms with E-state index in [1.807, 2.05) is 42.5 Å². The minimum absolute atomic E-state index is 0.0351. The summed E-state index contributed by atoms with van der Waals surface area (Å²) in [4.78, 5) is 51.5. The molecule has 9 nitrogen and oxygen atoms in total. The van der Waals surface area contributed by atoms with Gasteiger partial charge >= 0.3 is 5.97 Å². The molecular formula is C28H31N3O6. The van der Waals surface area contributed by atoms with Gasteiger partial charge in [0.05, 0.1) is 24.8 Å². The molecule has 0 bridgehead atoms. The van der Waals surface area contributed by atoms with Crippen LogP contribution in [0.1, 0.15) is 54.6 Å². The number of aliphatic carboxylic acids is 1. The molecule has 2 aliphatic heterocycles. The van der Waals surface area contributed by atoms with Gasteiger partial charge in [-0.1, -0.05) is 44.2 Å². The van der Waals surface area contributed by atoms with Crippen molar-refractivity contribution >= 4 is 41.5 Å². The van der Waals surface area contributed by atoms with E-state index in [-0.39, 0.29) is 37.1 Å². The number of anilines is 1. The molecule has 4 rings (SSSR count). The van der Waals surface area contributed by atoms with Gasteiger partial charge in [0.25, 0.3) is 5.91 Å². The lowest BCUT2D eigenvalue weighted by Gasteiger charge is -2.23. The Hall–Kier alpha value is -4.14. The zero-order valence-electron chi connectivity index (χ0n) is 21.1. The molecule has 9 heteroatoms. The lowest BCUT2D eigenvalue weighted by atomic mass is 9.85. The first-order valence-corrected chi connectivity index (χ1v) is 12.1. The van der Waals surface area contributed by atoms with Crippen molar-refractivity contribution in [3.8, 4) is 5.75 Å². The summed E-state index contributed by atoms with van der Waals surface area (Å²) < 4.78 is 5.18. The zero-order chi connectivity index (χ0) is 26.7. The van der Waals surface area contributed by atoms with Gasteiger partial charge in [-0.05, 0) is 47.2 Å². The predicted molar refractivity (Wildman–Crippen MR) is 139 cm³/mol. The lowest BCUT2D eigenvalue weighted by Crippen LogP contribution is -2.41. The topological polar surface area (TPSA) is 125 Å². The number of benzene rings is 2. The molecule has 0 aliphatic carbocycles. The Bertz CT molecular complexity index is 1250. The Kier molecular flexibility index (Phi) is 7.33. The highest BCUT2D eigenvalue weighted by atomic mass is 16.5. The van der Waals surface area contributed by atoms with E-state index in [0.717, 1.165) is 16.9 Å². The fourth-order valence-corrected chi connectivity index (χ4v) is 4.83. The SMILES string of the molecule is COc1ccc(/C=C/c2ccc3c(c2)C(=O)N2C[C@@H](NC(=O)CC(C)(C)CC(=O)O)C[C@H]2C(=O)N3)cc1. The van der Waals surface area contributed by atoms with Crippen LogP contribution in [0.25, 0.3) is 12.2 Å². The van der Waals surface area contributed by atoms with Crippen molar-refractivity contribution in [2.24, 2.45) is 5.41 Å². The second-order valence-electron chi connectivity index (χ2n) is 10.3. The van der Waals surface area contributed by atoms with Crippen molar-refractivity contribution in [1.29, 1.82) is 0 Å². The normalized spacial score (nSPS) is 19.2. The quantitative estimate of drug-likeness (QED) is 0.472. The van der Waals surface area contributed by atoms with Crippen LogP contribution in [0.4, 0.5) is 5.69 Å². The smallest absolute Gasteiger partial charge is 0.303 e. The number of nitrogens with zero attached hydrogens (tertiary/aromatic N) is 1. The summed E-state index contributed by atoms with van der Waals surface area (Å²) >= 11 is 0. The highest BCUT2D eigenvalue weighted by molar-refractivity contribution is 6.10. The minimum atomic E-state index is -0.966. The van der Waals surface area contributed by atoms with Crippen molar-refractivity contribution in [3.05, 3.63) is 59.2 Å². The average molecular weight is 506 g/mol. The van der Waals surface area contributed by atoms with E-state index in [4.69, 9.17) is 9.84 Å². The largest absolute Gasteiger partial charge is 0.497 e. The third kappa shape index (κ3) is 6.17. The molecule has 2 aromatic carbocycles. The Labute approximate surface area is 215 Å². The van der Waals surface area contributed by atoms with Crippen LogP contribution in [0.2, 0.25) is 0 Å². The van der Waals surface area contributed by atoms with Crippen LogP contribution >= 0.6 is 0 Å². The van der Waals surface area contributed by atoms with Gasteiger partial charge in [0.15, 0.2) is 0 Å². The van der Waals surface area contributed by atoms with E-state index in [2.05, 4.69) is 10.6 Å². The molecule has 1 fully saturated rings. The lowest BCUT2D eigenvalue weighted by molar-refractivity contribution is -0.139. The van der Waals surface area contributed by atoms with Gasteiger partial charge in [0.1, 0.15) is 11.8 Å². The van der Waals surface area contributed by atoms with E-state index in [1.165, 1.54) is 4.90 Å². The third-order valence-electron chi connectivity index (χ3n) is 6.61. The number of fused-ring (bicyclic) bond motifs is 2. The third-order valence-corrected chi connectivity index (χ3v) is 6.61. The van der Waals surface area contributed by atoms with Crippen molar-refractivity contribution in [3.63, 3.8) is 0 Å². The minimum Gasteiger partial charge on any atom is -0.497 e. The summed E-state index contributed by atoms with van der Waals surface area (Å²) in [6, 6.07) is 11.8. The van der Waals surface area contributed by atoms with E-state index in [1.54, 1.807) is 33.1 Å². The van der Waals surface area contributed by atoms with Crippen molar-refractivity contribution in [2.45, 2.75) is 45.2 Å². The highest BCUT2D eigenvalue weighted by Crippen LogP contribution is 2.31. The van der Waals surface area contributed by atoms with Gasteiger partial charge in [-0.3, -0.25) is 19.2 Å². The molecule has 2 atom stereocenters. The summed E-state index contributed by atoms with van der Waals surface area (Å²) in [6.45, 7) is 3.64. The van der Waals surface area contributed by atoms with Gasteiger partial charge in [0, 0.05) is 19.0 Å². The number of methoxy groups -OCH3 is 1. The second kappa shape index (κ2) is 10.5. The number of carboxylic acids is 1. The van der Waals surface area contributed by atoms with E-state index in [9.17, 15) is 19.2 Å². The highest BCUT2D eigenvalue weighted by Gasteiger charge is 2.43. The number of nitrogens with one attached hydrogen (secondary N) is 2. The van der Waals surface area contributed by atoms with Crippen molar-refractivity contribution < 1.29 is 29.0 Å². The number of amides is 3. The number of carbonyl (C=O) groups is 4. The predicted octanol–water partition coefficient (Wildman–Crippen LogP) is 3.41. The molecule has 0 spiro atoms. The van der Waals surface area contributed by atoms with Gasteiger partial charge in [-0.15, -0.1) is 0 Å². The van der Waals surface area contributed by atoms with Crippen LogP contribution in [0, 0.1) is 5.41 Å². The maximum atomic E-state index is 13.5. The first kappa shape index (κ1) is 25.9. The summed E-state index contributed by atoms with van der Waals surface area (Å²) in [7, 11) is 1.61. The Morgan fingerprint density at radius 1 is 1.11 bits per heavy atom. The van der Waals surface area contributed by atoms with Gasteiger partial charge in [-0.25, -0.2) is 0 Å². The second-order valence-corrected chi connectivity index (χ2v) is 10.3. The van der Waals surface area contributed by atoms with Crippen LogP contribution in [0.5, 0.6) is 5.75 Å². The van der Waals surface area contributed by atoms with Crippen LogP contribution in [0.3, 0.4) is 0 Å².